The second-order valence-electron chi connectivity index (χ2n) is 13.7. The first-order chi connectivity index (χ1) is 27.2. The lowest BCUT2D eigenvalue weighted by atomic mass is 10.1. The van der Waals surface area contributed by atoms with Gasteiger partial charge in [-0.1, -0.05) is 118 Å². The molecule has 0 heterocycles. The molecule has 0 saturated heterocycles. The molecule has 0 saturated carbocycles. The number of unbranched alkanes of at least 4 members (excludes halogenated alkanes) is 12. The van der Waals surface area contributed by atoms with Gasteiger partial charge in [-0.3, -0.25) is 18.6 Å². The van der Waals surface area contributed by atoms with Gasteiger partial charge in [0, 0.05) is 19.4 Å². The molecule has 0 aliphatic carbocycles. The highest BCUT2D eigenvalue weighted by Gasteiger charge is 2.27. The minimum atomic E-state index is -4.64. The van der Waals surface area contributed by atoms with Crippen LogP contribution in [0.1, 0.15) is 148 Å². The van der Waals surface area contributed by atoms with E-state index in [4.69, 9.17) is 24.2 Å². The minimum Gasteiger partial charge on any atom is -0.462 e. The Morgan fingerprint density at radius 1 is 0.554 bits per heavy atom. The highest BCUT2D eigenvalue weighted by atomic mass is 31.2. The van der Waals surface area contributed by atoms with Crippen LogP contribution in [0.15, 0.2) is 72.9 Å². The van der Waals surface area contributed by atoms with E-state index in [1.807, 2.05) is 12.2 Å². The van der Waals surface area contributed by atoms with Crippen LogP contribution < -0.4 is 0 Å². The number of ether oxygens (including phenoxy) is 2. The Bertz CT molecular complexity index is 1160. The minimum absolute atomic E-state index is 0.0917. The predicted octanol–water partition coefficient (Wildman–Crippen LogP) is 9.86. The SMILES string of the molecule is CCCCC/C=C\C/C=C\CCCCCCCC(=O)OC[C@H](COP(=O)(O)OC[C@@H](O)CO)OC(=O)CCC/C=C\C/C=C\C/C=C\C/C=C\CCCCCO. The number of allylic oxidation sites excluding steroid dienone is 12. The van der Waals surface area contributed by atoms with Crippen molar-refractivity contribution < 1.29 is 52.9 Å². The van der Waals surface area contributed by atoms with Crippen LogP contribution in [-0.2, 0) is 32.7 Å². The van der Waals surface area contributed by atoms with E-state index in [1.165, 1.54) is 19.3 Å². The Morgan fingerprint density at radius 2 is 1.00 bits per heavy atom. The van der Waals surface area contributed by atoms with Crippen LogP contribution in [0.25, 0.3) is 0 Å². The van der Waals surface area contributed by atoms with Crippen molar-refractivity contribution >= 4 is 19.8 Å². The number of aliphatic hydroxyl groups excluding tert-OH is 3. The molecule has 0 aromatic carbocycles. The van der Waals surface area contributed by atoms with E-state index in [-0.39, 0.29) is 26.1 Å². The molecule has 322 valence electrons. The highest BCUT2D eigenvalue weighted by molar-refractivity contribution is 7.47. The van der Waals surface area contributed by atoms with Crippen molar-refractivity contribution in [2.24, 2.45) is 0 Å². The van der Waals surface area contributed by atoms with Gasteiger partial charge in [0.15, 0.2) is 6.10 Å². The average molecular weight is 811 g/mol. The molecule has 0 fully saturated rings. The van der Waals surface area contributed by atoms with Gasteiger partial charge in [0.1, 0.15) is 12.7 Å². The van der Waals surface area contributed by atoms with E-state index in [9.17, 15) is 24.2 Å². The number of aliphatic hydroxyl groups is 3. The van der Waals surface area contributed by atoms with Gasteiger partial charge in [0.05, 0.1) is 19.8 Å². The Hall–Kier alpha value is -2.63. The van der Waals surface area contributed by atoms with Gasteiger partial charge in [0.2, 0.25) is 0 Å². The standard InChI is InChI=1S/C44H75O11P/c1-2-3-4-5-6-7-8-9-13-16-19-22-25-28-31-34-43(48)52-39-42(40-54-56(50,51)53-38-41(47)37-46)55-44(49)35-32-29-26-23-20-17-14-11-10-12-15-18-21-24-27-30-33-36-45/h6-7,9-10,12-14,17-18,21,23,26,41-42,45-47H,2-5,8,11,15-16,19-20,22,24-25,27-40H2,1H3,(H,50,51)/b7-6-,12-10-,13-9-,17-14-,21-18-,26-23-/t41-,42+/m0/s1. The Labute approximate surface area is 338 Å². The summed E-state index contributed by atoms with van der Waals surface area (Å²) in [5.41, 5.74) is 0. The van der Waals surface area contributed by atoms with Gasteiger partial charge in [-0.25, -0.2) is 4.57 Å². The number of rotatable bonds is 39. The van der Waals surface area contributed by atoms with Crippen LogP contribution in [0.4, 0.5) is 0 Å². The summed E-state index contributed by atoms with van der Waals surface area (Å²) < 4.78 is 32.6. The maximum atomic E-state index is 12.6. The fourth-order valence-electron chi connectivity index (χ4n) is 5.11. The predicted molar refractivity (Wildman–Crippen MR) is 225 cm³/mol. The van der Waals surface area contributed by atoms with Crippen LogP contribution in [0.2, 0.25) is 0 Å². The van der Waals surface area contributed by atoms with Gasteiger partial charge in [-0.15, -0.1) is 0 Å². The summed E-state index contributed by atoms with van der Waals surface area (Å²) in [6.07, 6.45) is 43.1. The molecule has 0 spiro atoms. The number of hydrogen-bond acceptors (Lipinski definition) is 10. The van der Waals surface area contributed by atoms with Crippen molar-refractivity contribution in [3.8, 4) is 0 Å². The smallest absolute Gasteiger partial charge is 0.462 e. The molecule has 0 bridgehead atoms. The molecule has 0 aromatic heterocycles. The van der Waals surface area contributed by atoms with E-state index in [0.29, 0.717) is 19.3 Å². The van der Waals surface area contributed by atoms with Gasteiger partial charge >= 0.3 is 19.8 Å². The summed E-state index contributed by atoms with van der Waals surface area (Å²) in [5, 5.41) is 27.1. The quantitative estimate of drug-likeness (QED) is 0.0202. The topological polar surface area (TPSA) is 169 Å². The van der Waals surface area contributed by atoms with E-state index >= 15 is 0 Å². The van der Waals surface area contributed by atoms with Crippen LogP contribution >= 0.6 is 7.82 Å². The molecule has 1 unspecified atom stereocenters. The lowest BCUT2D eigenvalue weighted by Gasteiger charge is -2.20. The third-order valence-electron chi connectivity index (χ3n) is 8.39. The van der Waals surface area contributed by atoms with E-state index in [0.717, 1.165) is 89.9 Å². The summed E-state index contributed by atoms with van der Waals surface area (Å²) in [6.45, 7) is 0.254. The second kappa shape index (κ2) is 40.6. The monoisotopic (exact) mass is 811 g/mol. The molecular formula is C44H75O11P. The highest BCUT2D eigenvalue weighted by Crippen LogP contribution is 2.43. The van der Waals surface area contributed by atoms with Gasteiger partial charge in [-0.05, 0) is 89.9 Å². The van der Waals surface area contributed by atoms with E-state index < -0.39 is 51.8 Å². The number of carbonyl (C=O) groups is 2. The summed E-state index contributed by atoms with van der Waals surface area (Å²) >= 11 is 0. The normalized spacial score (nSPS) is 14.6. The fraction of sp³-hybridized carbons (Fsp3) is 0.682. The third-order valence-corrected chi connectivity index (χ3v) is 9.34. The zero-order valence-electron chi connectivity index (χ0n) is 34.3. The number of carbonyl (C=O) groups excluding carboxylic acids is 2. The lowest BCUT2D eigenvalue weighted by molar-refractivity contribution is -0.161. The molecule has 0 aliphatic heterocycles. The van der Waals surface area contributed by atoms with Crippen molar-refractivity contribution in [2.45, 2.75) is 160 Å². The average Bonchev–Trinajstić information content (AvgIpc) is 3.19. The summed E-state index contributed by atoms with van der Waals surface area (Å²) in [6, 6.07) is 0. The van der Waals surface area contributed by atoms with Crippen molar-refractivity contribution in [3.05, 3.63) is 72.9 Å². The Morgan fingerprint density at radius 3 is 1.54 bits per heavy atom. The number of esters is 2. The molecule has 0 radical (unpaired) electrons. The Balaban J connectivity index is 4.45. The van der Waals surface area contributed by atoms with Gasteiger partial charge in [-0.2, -0.15) is 0 Å². The largest absolute Gasteiger partial charge is 0.472 e. The molecule has 0 aromatic rings. The number of hydrogen-bond donors (Lipinski definition) is 4. The van der Waals surface area contributed by atoms with Crippen LogP contribution in [0, 0.1) is 0 Å². The molecule has 11 nitrogen and oxygen atoms in total. The molecule has 12 heteroatoms. The Kier molecular flexibility index (Phi) is 38.7. The fourth-order valence-corrected chi connectivity index (χ4v) is 5.90. The van der Waals surface area contributed by atoms with Crippen molar-refractivity contribution in [2.75, 3.05) is 33.0 Å². The van der Waals surface area contributed by atoms with Gasteiger partial charge in [0.25, 0.3) is 0 Å². The number of phosphoric ester groups is 1. The number of phosphoric acid groups is 1. The van der Waals surface area contributed by atoms with Crippen molar-refractivity contribution in [3.63, 3.8) is 0 Å². The summed E-state index contributed by atoms with van der Waals surface area (Å²) in [5.74, 6) is -1.03. The van der Waals surface area contributed by atoms with Crippen molar-refractivity contribution in [1.82, 2.24) is 0 Å². The molecular weight excluding hydrogens is 735 g/mol. The van der Waals surface area contributed by atoms with E-state index in [2.05, 4.69) is 72.2 Å². The molecule has 0 rings (SSSR count). The first kappa shape index (κ1) is 53.4. The maximum Gasteiger partial charge on any atom is 0.472 e. The zero-order valence-corrected chi connectivity index (χ0v) is 35.2. The van der Waals surface area contributed by atoms with Crippen LogP contribution in [0.5, 0.6) is 0 Å². The molecule has 0 amide bonds. The zero-order chi connectivity index (χ0) is 41.2. The third kappa shape index (κ3) is 39.6. The lowest BCUT2D eigenvalue weighted by Crippen LogP contribution is -2.29. The molecule has 56 heavy (non-hydrogen) atoms. The molecule has 4 N–H and O–H groups in total. The van der Waals surface area contributed by atoms with Crippen LogP contribution in [-0.4, -0.2) is 77.4 Å². The summed E-state index contributed by atoms with van der Waals surface area (Å²) in [7, 11) is -4.64. The molecule has 3 atom stereocenters. The van der Waals surface area contributed by atoms with Crippen molar-refractivity contribution in [1.29, 1.82) is 0 Å². The van der Waals surface area contributed by atoms with Crippen LogP contribution in [0.3, 0.4) is 0 Å². The van der Waals surface area contributed by atoms with E-state index in [1.54, 1.807) is 0 Å². The molecule has 0 aliphatic rings. The maximum absolute atomic E-state index is 12.6. The first-order valence-corrected chi connectivity index (χ1v) is 22.5. The second-order valence-corrected chi connectivity index (χ2v) is 15.2. The van der Waals surface area contributed by atoms with Gasteiger partial charge < -0.3 is 29.7 Å². The first-order valence-electron chi connectivity index (χ1n) is 21.0. The summed E-state index contributed by atoms with van der Waals surface area (Å²) in [4.78, 5) is 34.9.